The lowest BCUT2D eigenvalue weighted by Gasteiger charge is -2.32. The van der Waals surface area contributed by atoms with E-state index in [0.29, 0.717) is 12.0 Å². The highest BCUT2D eigenvalue weighted by molar-refractivity contribution is 5.58. The van der Waals surface area contributed by atoms with Crippen molar-refractivity contribution >= 4 is 5.82 Å². The molecule has 0 radical (unpaired) electrons. The van der Waals surface area contributed by atoms with Crippen molar-refractivity contribution in [2.24, 2.45) is 0 Å². The summed E-state index contributed by atoms with van der Waals surface area (Å²) in [5.41, 5.74) is 3.45. The summed E-state index contributed by atoms with van der Waals surface area (Å²) in [7, 11) is 0. The predicted octanol–water partition coefficient (Wildman–Crippen LogP) is 5.01. The third-order valence-electron chi connectivity index (χ3n) is 5.50. The lowest BCUT2D eigenvalue weighted by atomic mass is 9.87. The predicted molar refractivity (Wildman–Crippen MR) is 110 cm³/mol. The third-order valence-corrected chi connectivity index (χ3v) is 5.50. The van der Waals surface area contributed by atoms with Crippen LogP contribution in [0.1, 0.15) is 43.4 Å². The first kappa shape index (κ1) is 17.7. The second-order valence-corrected chi connectivity index (χ2v) is 7.26. The molecule has 1 saturated heterocycles. The Bertz CT molecular complexity index is 879. The van der Waals surface area contributed by atoms with Crippen molar-refractivity contribution in [3.05, 3.63) is 72.2 Å². The summed E-state index contributed by atoms with van der Waals surface area (Å²) in [6.45, 7) is 5.40. The van der Waals surface area contributed by atoms with Crippen molar-refractivity contribution in [3.63, 3.8) is 0 Å². The highest BCUT2D eigenvalue weighted by Gasteiger charge is 2.32. The molecule has 1 aromatic carbocycles. The number of anilines is 1. The lowest BCUT2D eigenvalue weighted by molar-refractivity contribution is 0.513. The van der Waals surface area contributed by atoms with E-state index in [-0.39, 0.29) is 0 Å². The van der Waals surface area contributed by atoms with Gasteiger partial charge < -0.3 is 4.90 Å². The Morgan fingerprint density at radius 3 is 2.59 bits per heavy atom. The van der Waals surface area contributed by atoms with Gasteiger partial charge in [0.25, 0.3) is 0 Å². The minimum absolute atomic E-state index is 0.483. The molecule has 0 aliphatic carbocycles. The SMILES string of the molecule is CC[C@@H](c1ccccc1)[C@H]1CCCN1c1cc(C)nc(-c2ccncc2)n1. The lowest BCUT2D eigenvalue weighted by Crippen LogP contribution is -2.35. The molecular formula is C23H26N4. The number of rotatable bonds is 5. The van der Waals surface area contributed by atoms with Crippen LogP contribution >= 0.6 is 0 Å². The summed E-state index contributed by atoms with van der Waals surface area (Å²) in [5.74, 6) is 2.35. The van der Waals surface area contributed by atoms with Gasteiger partial charge in [-0.25, -0.2) is 9.97 Å². The second kappa shape index (κ2) is 7.87. The molecule has 3 aromatic rings. The molecule has 0 amide bonds. The van der Waals surface area contributed by atoms with Crippen molar-refractivity contribution in [1.29, 1.82) is 0 Å². The normalized spacial score (nSPS) is 17.9. The topological polar surface area (TPSA) is 41.9 Å². The van der Waals surface area contributed by atoms with E-state index in [4.69, 9.17) is 4.98 Å². The van der Waals surface area contributed by atoms with Crippen LogP contribution in [0.2, 0.25) is 0 Å². The van der Waals surface area contributed by atoms with Crippen molar-refractivity contribution in [2.45, 2.75) is 45.1 Å². The average Bonchev–Trinajstić information content (AvgIpc) is 3.19. The van der Waals surface area contributed by atoms with Gasteiger partial charge in [0.05, 0.1) is 0 Å². The van der Waals surface area contributed by atoms with Crippen molar-refractivity contribution in [2.75, 3.05) is 11.4 Å². The number of aromatic nitrogens is 3. The molecule has 3 heterocycles. The first-order valence-corrected chi connectivity index (χ1v) is 9.84. The van der Waals surface area contributed by atoms with Gasteiger partial charge in [0.15, 0.2) is 5.82 Å². The molecule has 138 valence electrons. The molecule has 0 unspecified atom stereocenters. The highest BCUT2D eigenvalue weighted by Crippen LogP contribution is 2.36. The molecule has 0 saturated carbocycles. The van der Waals surface area contributed by atoms with E-state index >= 15 is 0 Å². The van der Waals surface area contributed by atoms with Gasteiger partial charge in [0.2, 0.25) is 0 Å². The maximum absolute atomic E-state index is 4.93. The second-order valence-electron chi connectivity index (χ2n) is 7.26. The van der Waals surface area contributed by atoms with E-state index in [0.717, 1.165) is 35.9 Å². The number of hydrogen-bond acceptors (Lipinski definition) is 4. The van der Waals surface area contributed by atoms with E-state index < -0.39 is 0 Å². The summed E-state index contributed by atoms with van der Waals surface area (Å²) in [6.07, 6.45) is 7.14. The summed E-state index contributed by atoms with van der Waals surface area (Å²) in [5, 5.41) is 0. The van der Waals surface area contributed by atoms with Gasteiger partial charge >= 0.3 is 0 Å². The molecule has 2 aromatic heterocycles. The molecular weight excluding hydrogens is 332 g/mol. The molecule has 4 heteroatoms. The molecule has 0 N–H and O–H groups in total. The van der Waals surface area contributed by atoms with E-state index in [1.807, 2.05) is 12.1 Å². The minimum atomic E-state index is 0.483. The Morgan fingerprint density at radius 2 is 1.85 bits per heavy atom. The zero-order chi connectivity index (χ0) is 18.6. The molecule has 0 spiro atoms. The van der Waals surface area contributed by atoms with Crippen LogP contribution in [0.15, 0.2) is 60.9 Å². The fourth-order valence-corrected chi connectivity index (χ4v) is 4.25. The maximum atomic E-state index is 4.93. The fourth-order valence-electron chi connectivity index (χ4n) is 4.25. The van der Waals surface area contributed by atoms with Gasteiger partial charge in [-0.1, -0.05) is 37.3 Å². The fraction of sp³-hybridized carbons (Fsp3) is 0.348. The molecule has 1 aliphatic heterocycles. The number of hydrogen-bond donors (Lipinski definition) is 0. The van der Waals surface area contributed by atoms with Crippen molar-refractivity contribution in [3.8, 4) is 11.4 Å². The monoisotopic (exact) mass is 358 g/mol. The zero-order valence-corrected chi connectivity index (χ0v) is 16.0. The Hall–Kier alpha value is -2.75. The van der Waals surface area contributed by atoms with Gasteiger partial charge in [-0.3, -0.25) is 4.98 Å². The molecule has 4 rings (SSSR count). The molecule has 1 aliphatic rings. The van der Waals surface area contributed by atoms with Crippen molar-refractivity contribution < 1.29 is 0 Å². The third kappa shape index (κ3) is 3.70. The number of benzene rings is 1. The smallest absolute Gasteiger partial charge is 0.161 e. The number of nitrogens with zero attached hydrogens (tertiary/aromatic N) is 4. The van der Waals surface area contributed by atoms with Crippen LogP contribution in [0.25, 0.3) is 11.4 Å². The van der Waals surface area contributed by atoms with Crippen LogP contribution in [0.3, 0.4) is 0 Å². The molecule has 4 nitrogen and oxygen atoms in total. The Kier molecular flexibility index (Phi) is 5.14. The quantitative estimate of drug-likeness (QED) is 0.643. The summed E-state index contributed by atoms with van der Waals surface area (Å²) >= 11 is 0. The van der Waals surface area contributed by atoms with Gasteiger partial charge in [-0.2, -0.15) is 0 Å². The van der Waals surface area contributed by atoms with E-state index in [2.05, 4.69) is 65.1 Å². The Balaban J connectivity index is 1.69. The van der Waals surface area contributed by atoms with Gasteiger partial charge in [0.1, 0.15) is 5.82 Å². The highest BCUT2D eigenvalue weighted by atomic mass is 15.2. The molecule has 27 heavy (non-hydrogen) atoms. The molecule has 2 atom stereocenters. The van der Waals surface area contributed by atoms with Crippen LogP contribution in [-0.4, -0.2) is 27.5 Å². The standard InChI is InChI=1S/C23H26N4/c1-3-20(18-8-5-4-6-9-18)21-10-7-15-27(21)22-16-17(2)25-23(26-22)19-11-13-24-14-12-19/h4-6,8-9,11-14,16,20-21H,3,7,10,15H2,1-2H3/t20-,21+/m0/s1. The van der Waals surface area contributed by atoms with Crippen LogP contribution in [0, 0.1) is 6.92 Å². The Labute approximate surface area is 161 Å². The molecule has 1 fully saturated rings. The maximum Gasteiger partial charge on any atom is 0.161 e. The van der Waals surface area contributed by atoms with Gasteiger partial charge in [-0.15, -0.1) is 0 Å². The van der Waals surface area contributed by atoms with Crippen molar-refractivity contribution in [1.82, 2.24) is 15.0 Å². The summed E-state index contributed by atoms with van der Waals surface area (Å²) < 4.78 is 0. The number of pyridine rings is 1. The average molecular weight is 358 g/mol. The largest absolute Gasteiger partial charge is 0.353 e. The van der Waals surface area contributed by atoms with E-state index in [9.17, 15) is 0 Å². The van der Waals surface area contributed by atoms with E-state index in [1.165, 1.54) is 18.4 Å². The van der Waals surface area contributed by atoms with Gasteiger partial charge in [0, 0.05) is 48.2 Å². The summed E-state index contributed by atoms with van der Waals surface area (Å²) in [6, 6.07) is 17.5. The van der Waals surface area contributed by atoms with Crippen LogP contribution in [-0.2, 0) is 0 Å². The zero-order valence-electron chi connectivity index (χ0n) is 16.0. The molecule has 0 bridgehead atoms. The first-order chi connectivity index (χ1) is 13.3. The van der Waals surface area contributed by atoms with Crippen LogP contribution < -0.4 is 4.90 Å². The van der Waals surface area contributed by atoms with Crippen LogP contribution in [0.4, 0.5) is 5.82 Å². The number of aryl methyl sites for hydroxylation is 1. The summed E-state index contributed by atoms with van der Waals surface area (Å²) in [4.78, 5) is 16.2. The first-order valence-electron chi connectivity index (χ1n) is 9.84. The minimum Gasteiger partial charge on any atom is -0.353 e. The van der Waals surface area contributed by atoms with Crippen LogP contribution in [0.5, 0.6) is 0 Å². The Morgan fingerprint density at radius 1 is 1.07 bits per heavy atom. The van der Waals surface area contributed by atoms with Gasteiger partial charge in [-0.05, 0) is 43.9 Å². The van der Waals surface area contributed by atoms with E-state index in [1.54, 1.807) is 12.4 Å².